The Balaban J connectivity index is 3.44. The topological polar surface area (TPSA) is 50.0 Å². The largest absolute Gasteiger partial charge is 0.860 e. The lowest BCUT2D eigenvalue weighted by Gasteiger charge is -2.18. The van der Waals surface area contributed by atoms with E-state index in [9.17, 15) is 9.90 Å². The van der Waals surface area contributed by atoms with Crippen molar-refractivity contribution in [2.45, 2.75) is 33.4 Å². The smallest absolute Gasteiger partial charge is 0.253 e. The molecule has 5 heteroatoms. The van der Waals surface area contributed by atoms with Crippen LogP contribution in [0.4, 0.5) is 0 Å². The summed E-state index contributed by atoms with van der Waals surface area (Å²) in [5.74, 6) is -0.299. The maximum absolute atomic E-state index is 11.4. The fourth-order valence-electron chi connectivity index (χ4n) is 1.32. The summed E-state index contributed by atoms with van der Waals surface area (Å²) in [5, 5.41) is 11.4. The number of hydrogen-bond donors (Lipinski definition) is 0. The Morgan fingerprint density at radius 2 is 2.07 bits per heavy atom. The lowest BCUT2D eigenvalue weighted by molar-refractivity contribution is -0.280. The summed E-state index contributed by atoms with van der Waals surface area (Å²) in [6.45, 7) is 4.86. The van der Waals surface area contributed by atoms with Crippen LogP contribution in [-0.4, -0.2) is 9.13 Å². The van der Waals surface area contributed by atoms with Crippen molar-refractivity contribution in [3.05, 3.63) is 21.2 Å². The summed E-state index contributed by atoms with van der Waals surface area (Å²) in [4.78, 5) is 11.3. The number of rotatable bonds is 3. The average Bonchev–Trinajstić information content (AvgIpc) is 2.12. The third-order valence-electron chi connectivity index (χ3n) is 2.00. The number of hydrogen-bond acceptors (Lipinski definition) is 3. The second-order valence-electron chi connectivity index (χ2n) is 3.00. The Morgan fingerprint density at radius 1 is 1.43 bits per heavy atom. The van der Waals surface area contributed by atoms with Crippen LogP contribution in [0.1, 0.15) is 20.3 Å². The van der Waals surface area contributed by atoms with E-state index < -0.39 is 0 Å². The van der Waals surface area contributed by atoms with Crippen LogP contribution >= 0.6 is 12.2 Å². The van der Waals surface area contributed by atoms with Gasteiger partial charge in [-0.1, -0.05) is 6.92 Å². The standard InChI is InChI=1S/C9H14N2O2S/c1-3-5-11-8(13)6-7(12)10(4-2)9(11)14/h6,13H,3-5H2,1-2H3/p-1. The molecule has 0 unspecified atom stereocenters. The molecule has 0 bridgehead atoms. The first-order valence-electron chi connectivity index (χ1n) is 4.63. The molecule has 1 aromatic heterocycles. The second-order valence-corrected chi connectivity index (χ2v) is 3.36. The van der Waals surface area contributed by atoms with Crippen molar-refractivity contribution >= 4 is 12.2 Å². The summed E-state index contributed by atoms with van der Waals surface area (Å²) in [7, 11) is 0. The predicted octanol–water partition coefficient (Wildman–Crippen LogP) is 0.883. The van der Waals surface area contributed by atoms with E-state index in [1.54, 1.807) is 0 Å². The van der Waals surface area contributed by atoms with Crippen molar-refractivity contribution in [3.63, 3.8) is 0 Å². The lowest BCUT2D eigenvalue weighted by atomic mass is 10.4. The molecule has 0 aromatic carbocycles. The van der Waals surface area contributed by atoms with Gasteiger partial charge in [-0.15, -0.1) is 0 Å². The van der Waals surface area contributed by atoms with Crippen LogP contribution in [0.15, 0.2) is 10.9 Å². The van der Waals surface area contributed by atoms with Gasteiger partial charge in [-0.2, -0.15) is 0 Å². The van der Waals surface area contributed by atoms with Gasteiger partial charge in [0.1, 0.15) is 0 Å². The zero-order valence-electron chi connectivity index (χ0n) is 8.32. The molecule has 1 rings (SSSR count). The maximum Gasteiger partial charge on any atom is 0.253 e. The van der Waals surface area contributed by atoms with Gasteiger partial charge in [0, 0.05) is 19.2 Å². The van der Waals surface area contributed by atoms with Gasteiger partial charge in [0.2, 0.25) is 0 Å². The van der Waals surface area contributed by atoms with Gasteiger partial charge in [0.15, 0.2) is 4.77 Å². The lowest BCUT2D eigenvalue weighted by Crippen LogP contribution is -2.25. The Morgan fingerprint density at radius 3 is 2.57 bits per heavy atom. The minimum Gasteiger partial charge on any atom is -0.860 e. The normalized spacial score (nSPS) is 10.4. The maximum atomic E-state index is 11.4. The quantitative estimate of drug-likeness (QED) is 0.700. The summed E-state index contributed by atoms with van der Waals surface area (Å²) in [6.07, 6.45) is 0.825. The highest BCUT2D eigenvalue weighted by Crippen LogP contribution is 2.04. The summed E-state index contributed by atoms with van der Waals surface area (Å²) >= 11 is 5.06. The Bertz CT molecular complexity index is 433. The van der Waals surface area contributed by atoms with Crippen LogP contribution in [0.5, 0.6) is 5.88 Å². The zero-order chi connectivity index (χ0) is 10.7. The molecule has 14 heavy (non-hydrogen) atoms. The number of aromatic nitrogens is 2. The summed E-state index contributed by atoms with van der Waals surface area (Å²) in [6, 6.07) is 1.09. The predicted molar refractivity (Wildman–Crippen MR) is 54.9 cm³/mol. The monoisotopic (exact) mass is 213 g/mol. The molecule has 0 aliphatic heterocycles. The van der Waals surface area contributed by atoms with E-state index in [1.165, 1.54) is 9.13 Å². The van der Waals surface area contributed by atoms with Gasteiger partial charge < -0.3 is 9.67 Å². The van der Waals surface area contributed by atoms with E-state index in [2.05, 4.69) is 0 Å². The highest BCUT2D eigenvalue weighted by Gasteiger charge is 2.00. The van der Waals surface area contributed by atoms with Gasteiger partial charge >= 0.3 is 0 Å². The fourth-order valence-corrected chi connectivity index (χ4v) is 1.72. The average molecular weight is 213 g/mol. The molecular formula is C9H13N2O2S-. The third-order valence-corrected chi connectivity index (χ3v) is 2.45. The van der Waals surface area contributed by atoms with Crippen LogP contribution < -0.4 is 10.7 Å². The van der Waals surface area contributed by atoms with Crippen LogP contribution in [0.25, 0.3) is 0 Å². The van der Waals surface area contributed by atoms with Crippen molar-refractivity contribution in [2.24, 2.45) is 0 Å². The number of nitrogens with zero attached hydrogens (tertiary/aromatic N) is 2. The molecule has 0 saturated carbocycles. The fraction of sp³-hybridized carbons (Fsp3) is 0.556. The third kappa shape index (κ3) is 1.87. The molecule has 0 radical (unpaired) electrons. The molecule has 0 atom stereocenters. The molecule has 0 aliphatic carbocycles. The van der Waals surface area contributed by atoms with E-state index in [4.69, 9.17) is 12.2 Å². The Kier molecular flexibility index (Phi) is 3.46. The molecule has 78 valence electrons. The molecular weight excluding hydrogens is 200 g/mol. The van der Waals surface area contributed by atoms with Gasteiger partial charge in [0.05, 0.1) is 0 Å². The molecule has 0 amide bonds. The molecule has 0 saturated heterocycles. The van der Waals surface area contributed by atoms with Gasteiger partial charge in [-0.25, -0.2) is 0 Å². The van der Waals surface area contributed by atoms with E-state index in [1.807, 2.05) is 13.8 Å². The van der Waals surface area contributed by atoms with Crippen LogP contribution in [0.3, 0.4) is 0 Å². The van der Waals surface area contributed by atoms with Crippen molar-refractivity contribution in [3.8, 4) is 5.88 Å². The van der Waals surface area contributed by atoms with Crippen molar-refractivity contribution in [1.82, 2.24) is 9.13 Å². The van der Waals surface area contributed by atoms with Crippen LogP contribution in [0.2, 0.25) is 0 Å². The van der Waals surface area contributed by atoms with E-state index in [0.717, 1.165) is 12.5 Å². The molecule has 0 spiro atoms. The highest BCUT2D eigenvalue weighted by molar-refractivity contribution is 7.71. The van der Waals surface area contributed by atoms with E-state index in [-0.39, 0.29) is 11.4 Å². The van der Waals surface area contributed by atoms with Crippen molar-refractivity contribution < 1.29 is 5.11 Å². The Hall–Kier alpha value is -1.10. The molecule has 4 nitrogen and oxygen atoms in total. The van der Waals surface area contributed by atoms with Crippen LogP contribution in [-0.2, 0) is 13.1 Å². The first kappa shape index (κ1) is 11.0. The molecule has 1 heterocycles. The van der Waals surface area contributed by atoms with E-state index in [0.29, 0.717) is 17.9 Å². The molecule has 1 aromatic rings. The summed E-state index contributed by atoms with van der Waals surface area (Å²) in [5.41, 5.74) is -0.310. The van der Waals surface area contributed by atoms with Gasteiger partial charge in [-0.3, -0.25) is 9.36 Å². The van der Waals surface area contributed by atoms with Crippen molar-refractivity contribution in [2.75, 3.05) is 0 Å². The van der Waals surface area contributed by atoms with Gasteiger partial charge in [-0.05, 0) is 31.4 Å². The van der Waals surface area contributed by atoms with Gasteiger partial charge in [0.25, 0.3) is 5.56 Å². The highest BCUT2D eigenvalue weighted by atomic mass is 32.1. The molecule has 0 aliphatic rings. The Labute approximate surface area is 87.4 Å². The first-order valence-corrected chi connectivity index (χ1v) is 5.04. The zero-order valence-corrected chi connectivity index (χ0v) is 9.13. The second kappa shape index (κ2) is 4.41. The summed E-state index contributed by atoms with van der Waals surface area (Å²) < 4.78 is 3.21. The minimum absolute atomic E-state index is 0.299. The minimum atomic E-state index is -0.310. The SMILES string of the molecule is CCCn1c([O-])cc(=O)n(CC)c1=S. The molecule has 0 fully saturated rings. The van der Waals surface area contributed by atoms with E-state index >= 15 is 0 Å². The first-order chi connectivity index (χ1) is 6.61. The van der Waals surface area contributed by atoms with Crippen LogP contribution in [0, 0.1) is 4.77 Å². The molecule has 0 N–H and O–H groups in total. The van der Waals surface area contributed by atoms with Crippen molar-refractivity contribution in [1.29, 1.82) is 0 Å².